The van der Waals surface area contributed by atoms with Crippen LogP contribution in [0.2, 0.25) is 0 Å². The third kappa shape index (κ3) is 3.07. The molecular weight excluding hydrogens is 270 g/mol. The number of aromatic nitrogens is 6. The summed E-state index contributed by atoms with van der Waals surface area (Å²) in [4.78, 5) is 19.1. The van der Waals surface area contributed by atoms with Crippen LogP contribution in [0.25, 0.3) is 5.95 Å². The predicted octanol–water partition coefficient (Wildman–Crippen LogP) is 0.364. The molecule has 112 valence electrons. The number of hydrogen-bond donors (Lipinski definition) is 2. The lowest BCUT2D eigenvalue weighted by Gasteiger charge is -2.20. The molecule has 9 nitrogen and oxygen atoms in total. The molecule has 0 bridgehead atoms. The molecule has 0 aliphatic carbocycles. The van der Waals surface area contributed by atoms with Crippen LogP contribution in [0.5, 0.6) is 0 Å². The average molecular weight is 289 g/mol. The van der Waals surface area contributed by atoms with Gasteiger partial charge in [-0.3, -0.25) is 5.43 Å². The van der Waals surface area contributed by atoms with Crippen LogP contribution in [0.15, 0.2) is 12.7 Å². The van der Waals surface area contributed by atoms with E-state index in [1.54, 1.807) is 6.33 Å². The highest BCUT2D eigenvalue weighted by atomic mass is 15.4. The maximum atomic E-state index is 5.46. The Hall–Kier alpha value is -2.29. The first kappa shape index (κ1) is 13.7. The van der Waals surface area contributed by atoms with Gasteiger partial charge in [0.1, 0.15) is 12.7 Å². The quantitative estimate of drug-likeness (QED) is 0.615. The topological polar surface area (TPSA) is 111 Å². The van der Waals surface area contributed by atoms with Crippen LogP contribution in [0.3, 0.4) is 0 Å². The normalized spacial score (nSPS) is 19.3. The number of hydrazine groups is 1. The molecule has 2 aromatic heterocycles. The summed E-state index contributed by atoms with van der Waals surface area (Å²) >= 11 is 0. The summed E-state index contributed by atoms with van der Waals surface area (Å²) in [6.45, 7) is 4.16. The Labute approximate surface area is 122 Å². The molecule has 1 fully saturated rings. The van der Waals surface area contributed by atoms with Gasteiger partial charge in [0.05, 0.1) is 0 Å². The predicted molar refractivity (Wildman–Crippen MR) is 77.8 cm³/mol. The van der Waals surface area contributed by atoms with Gasteiger partial charge in [0.2, 0.25) is 11.9 Å². The number of nitrogens with two attached hydrogens (primary N) is 1. The van der Waals surface area contributed by atoms with Crippen LogP contribution in [0.4, 0.5) is 11.9 Å². The van der Waals surface area contributed by atoms with Gasteiger partial charge in [-0.2, -0.15) is 24.7 Å². The van der Waals surface area contributed by atoms with Crippen LogP contribution >= 0.6 is 0 Å². The first-order valence-corrected chi connectivity index (χ1v) is 7.09. The van der Waals surface area contributed by atoms with Crippen molar-refractivity contribution in [2.75, 3.05) is 23.4 Å². The number of anilines is 2. The lowest BCUT2D eigenvalue weighted by Crippen LogP contribution is -2.28. The fourth-order valence-electron chi connectivity index (χ4n) is 2.44. The second kappa shape index (κ2) is 6.00. The summed E-state index contributed by atoms with van der Waals surface area (Å²) in [7, 11) is 0. The minimum absolute atomic E-state index is 0.322. The van der Waals surface area contributed by atoms with E-state index in [9.17, 15) is 0 Å². The SMILES string of the molecule is CC1CCCN(c2nc(NN)nc(-n3cncn3)n2)CC1. The second-order valence-corrected chi connectivity index (χ2v) is 5.27. The fourth-order valence-corrected chi connectivity index (χ4v) is 2.44. The number of nitrogens with zero attached hydrogens (tertiary/aromatic N) is 7. The highest BCUT2D eigenvalue weighted by Crippen LogP contribution is 2.20. The van der Waals surface area contributed by atoms with Gasteiger partial charge in [-0.15, -0.1) is 0 Å². The molecule has 0 amide bonds. The Morgan fingerprint density at radius 1 is 1.19 bits per heavy atom. The number of nitrogen functional groups attached to an aromatic ring is 1. The molecule has 1 aliphatic rings. The van der Waals surface area contributed by atoms with Crippen LogP contribution < -0.4 is 16.2 Å². The zero-order chi connectivity index (χ0) is 14.7. The van der Waals surface area contributed by atoms with Crippen LogP contribution in [-0.2, 0) is 0 Å². The van der Waals surface area contributed by atoms with Gasteiger partial charge in [-0.05, 0) is 25.2 Å². The van der Waals surface area contributed by atoms with E-state index in [-0.39, 0.29) is 0 Å². The van der Waals surface area contributed by atoms with E-state index in [1.807, 2.05) is 0 Å². The Morgan fingerprint density at radius 2 is 2.05 bits per heavy atom. The maximum Gasteiger partial charge on any atom is 0.258 e. The second-order valence-electron chi connectivity index (χ2n) is 5.27. The third-order valence-electron chi connectivity index (χ3n) is 3.66. The molecule has 3 N–H and O–H groups in total. The first-order chi connectivity index (χ1) is 10.3. The van der Waals surface area contributed by atoms with Gasteiger partial charge < -0.3 is 4.90 Å². The molecular formula is C12H19N9. The van der Waals surface area contributed by atoms with E-state index in [4.69, 9.17) is 5.84 Å². The van der Waals surface area contributed by atoms with E-state index in [1.165, 1.54) is 17.4 Å². The van der Waals surface area contributed by atoms with Gasteiger partial charge >= 0.3 is 0 Å². The van der Waals surface area contributed by atoms with Crippen molar-refractivity contribution in [2.24, 2.45) is 11.8 Å². The molecule has 2 aromatic rings. The van der Waals surface area contributed by atoms with Gasteiger partial charge in [0.25, 0.3) is 5.95 Å². The number of nitrogens with one attached hydrogen (secondary N) is 1. The van der Waals surface area contributed by atoms with E-state index in [2.05, 4.69) is 42.3 Å². The molecule has 1 aliphatic heterocycles. The highest BCUT2D eigenvalue weighted by molar-refractivity contribution is 5.39. The van der Waals surface area contributed by atoms with Gasteiger partial charge in [-0.25, -0.2) is 10.8 Å². The van der Waals surface area contributed by atoms with Crippen LogP contribution in [-0.4, -0.2) is 42.8 Å². The maximum absolute atomic E-state index is 5.46. The van der Waals surface area contributed by atoms with E-state index in [0.29, 0.717) is 17.8 Å². The van der Waals surface area contributed by atoms with Crippen molar-refractivity contribution < 1.29 is 0 Å². The van der Waals surface area contributed by atoms with E-state index in [0.717, 1.165) is 31.8 Å². The fraction of sp³-hybridized carbons (Fsp3) is 0.583. The van der Waals surface area contributed by atoms with Gasteiger partial charge in [0, 0.05) is 13.1 Å². The summed E-state index contributed by atoms with van der Waals surface area (Å²) in [6, 6.07) is 0. The first-order valence-electron chi connectivity index (χ1n) is 7.09. The molecule has 3 heterocycles. The van der Waals surface area contributed by atoms with E-state index >= 15 is 0 Å². The lowest BCUT2D eigenvalue weighted by atomic mass is 10.0. The third-order valence-corrected chi connectivity index (χ3v) is 3.66. The average Bonchev–Trinajstić information content (AvgIpc) is 2.96. The molecule has 1 atom stereocenters. The molecule has 1 saturated heterocycles. The molecule has 0 saturated carbocycles. The summed E-state index contributed by atoms with van der Waals surface area (Å²) < 4.78 is 1.49. The molecule has 1 unspecified atom stereocenters. The largest absolute Gasteiger partial charge is 0.341 e. The Bertz CT molecular complexity index is 582. The number of hydrogen-bond acceptors (Lipinski definition) is 8. The van der Waals surface area contributed by atoms with Crippen LogP contribution in [0.1, 0.15) is 26.2 Å². The number of rotatable bonds is 3. The van der Waals surface area contributed by atoms with Crippen molar-refractivity contribution in [3.8, 4) is 5.95 Å². The Balaban J connectivity index is 1.92. The monoisotopic (exact) mass is 289 g/mol. The molecule has 0 radical (unpaired) electrons. The minimum atomic E-state index is 0.322. The van der Waals surface area contributed by atoms with Crippen LogP contribution in [0, 0.1) is 5.92 Å². The van der Waals surface area contributed by atoms with Gasteiger partial charge in [0.15, 0.2) is 0 Å². The van der Waals surface area contributed by atoms with Crippen molar-refractivity contribution in [3.63, 3.8) is 0 Å². The minimum Gasteiger partial charge on any atom is -0.341 e. The summed E-state index contributed by atoms with van der Waals surface area (Å²) in [6.07, 6.45) is 6.49. The standard InChI is InChI=1S/C12H19N9/c1-9-3-2-5-20(6-4-9)11-16-10(19-13)17-12(18-11)21-8-14-7-15-21/h7-9H,2-6,13H2,1H3,(H,16,17,18,19). The highest BCUT2D eigenvalue weighted by Gasteiger charge is 2.18. The molecule has 3 rings (SSSR count). The molecule has 0 aromatic carbocycles. The van der Waals surface area contributed by atoms with Crippen molar-refractivity contribution >= 4 is 11.9 Å². The molecule has 9 heteroatoms. The van der Waals surface area contributed by atoms with Gasteiger partial charge in [-0.1, -0.05) is 6.92 Å². The van der Waals surface area contributed by atoms with Crippen molar-refractivity contribution in [2.45, 2.75) is 26.2 Å². The smallest absolute Gasteiger partial charge is 0.258 e. The zero-order valence-electron chi connectivity index (χ0n) is 12.0. The Kier molecular flexibility index (Phi) is 3.91. The van der Waals surface area contributed by atoms with Crippen molar-refractivity contribution in [1.29, 1.82) is 0 Å². The van der Waals surface area contributed by atoms with E-state index < -0.39 is 0 Å². The molecule has 0 spiro atoms. The lowest BCUT2D eigenvalue weighted by molar-refractivity contribution is 0.521. The van der Waals surface area contributed by atoms with Crippen molar-refractivity contribution in [3.05, 3.63) is 12.7 Å². The summed E-state index contributed by atoms with van der Waals surface area (Å²) in [5.74, 6) is 7.54. The Morgan fingerprint density at radius 3 is 2.81 bits per heavy atom. The summed E-state index contributed by atoms with van der Waals surface area (Å²) in [5, 5.41) is 4.04. The molecule has 21 heavy (non-hydrogen) atoms. The summed E-state index contributed by atoms with van der Waals surface area (Å²) in [5.41, 5.74) is 2.48. The zero-order valence-corrected chi connectivity index (χ0v) is 12.0. The van der Waals surface area contributed by atoms with Crippen molar-refractivity contribution in [1.82, 2.24) is 29.7 Å².